The number of nitrogens with zero attached hydrogens (tertiary/aromatic N) is 2. The van der Waals surface area contributed by atoms with Crippen LogP contribution in [0.5, 0.6) is 0 Å². The van der Waals surface area contributed by atoms with Crippen molar-refractivity contribution in [2.24, 2.45) is 0 Å². The van der Waals surface area contributed by atoms with Gasteiger partial charge in [-0.25, -0.2) is 9.97 Å². The minimum absolute atomic E-state index is 0.656. The highest BCUT2D eigenvalue weighted by Gasteiger charge is 2.03. The summed E-state index contributed by atoms with van der Waals surface area (Å²) in [6, 6.07) is 7.40. The summed E-state index contributed by atoms with van der Waals surface area (Å²) in [6.45, 7) is 1.95. The van der Waals surface area contributed by atoms with Gasteiger partial charge < -0.3 is 5.73 Å². The molecule has 0 aliphatic rings. The first-order chi connectivity index (χ1) is 8.15. The Labute approximate surface area is 109 Å². The Morgan fingerprint density at radius 2 is 2.18 bits per heavy atom. The SMILES string of the molecule is Cc1ccnc(SCc2ccc(Cl)cc2N)n1. The van der Waals surface area contributed by atoms with E-state index in [4.69, 9.17) is 17.3 Å². The van der Waals surface area contributed by atoms with Gasteiger partial charge in [-0.1, -0.05) is 29.4 Å². The van der Waals surface area contributed by atoms with Crippen LogP contribution in [0.15, 0.2) is 35.6 Å². The zero-order valence-electron chi connectivity index (χ0n) is 9.35. The van der Waals surface area contributed by atoms with Gasteiger partial charge in [-0.15, -0.1) is 0 Å². The van der Waals surface area contributed by atoms with Crippen molar-refractivity contribution >= 4 is 29.1 Å². The lowest BCUT2D eigenvalue weighted by molar-refractivity contribution is 0.932. The van der Waals surface area contributed by atoms with Crippen molar-refractivity contribution in [1.82, 2.24) is 9.97 Å². The number of aromatic nitrogens is 2. The molecule has 0 atom stereocenters. The average molecular weight is 266 g/mol. The van der Waals surface area contributed by atoms with Crippen molar-refractivity contribution in [3.8, 4) is 0 Å². The van der Waals surface area contributed by atoms with Gasteiger partial charge in [0.1, 0.15) is 0 Å². The predicted molar refractivity (Wildman–Crippen MR) is 72.2 cm³/mol. The van der Waals surface area contributed by atoms with Crippen LogP contribution < -0.4 is 5.73 Å². The summed E-state index contributed by atoms with van der Waals surface area (Å²) in [5.41, 5.74) is 8.59. The second-order valence-corrected chi connectivity index (χ2v) is 4.99. The average Bonchev–Trinajstić information content (AvgIpc) is 2.28. The number of hydrogen-bond acceptors (Lipinski definition) is 4. The molecule has 0 bridgehead atoms. The molecule has 5 heteroatoms. The van der Waals surface area contributed by atoms with E-state index in [0.29, 0.717) is 10.7 Å². The monoisotopic (exact) mass is 265 g/mol. The number of halogens is 1. The summed E-state index contributed by atoms with van der Waals surface area (Å²) in [7, 11) is 0. The van der Waals surface area contributed by atoms with Crippen molar-refractivity contribution in [3.63, 3.8) is 0 Å². The van der Waals surface area contributed by atoms with Crippen molar-refractivity contribution in [3.05, 3.63) is 46.7 Å². The van der Waals surface area contributed by atoms with E-state index in [9.17, 15) is 0 Å². The first-order valence-electron chi connectivity index (χ1n) is 5.11. The second-order valence-electron chi connectivity index (χ2n) is 3.61. The van der Waals surface area contributed by atoms with Crippen molar-refractivity contribution < 1.29 is 0 Å². The first-order valence-corrected chi connectivity index (χ1v) is 6.48. The molecule has 2 aromatic rings. The van der Waals surface area contributed by atoms with Crippen LogP contribution in [0.3, 0.4) is 0 Å². The molecule has 2 N–H and O–H groups in total. The molecule has 0 aliphatic heterocycles. The Morgan fingerprint density at radius 3 is 2.88 bits per heavy atom. The Bertz CT molecular complexity index is 531. The summed E-state index contributed by atoms with van der Waals surface area (Å²) in [6.07, 6.45) is 1.76. The second kappa shape index (κ2) is 5.38. The number of anilines is 1. The van der Waals surface area contributed by atoms with E-state index in [1.54, 1.807) is 24.0 Å². The summed E-state index contributed by atoms with van der Waals surface area (Å²) in [5.74, 6) is 0.743. The maximum absolute atomic E-state index is 5.88. The molecule has 17 heavy (non-hydrogen) atoms. The first kappa shape index (κ1) is 12.2. The molecule has 0 fully saturated rings. The Hall–Kier alpha value is -1.26. The molecule has 3 nitrogen and oxygen atoms in total. The van der Waals surface area contributed by atoms with Crippen molar-refractivity contribution in [2.75, 3.05) is 5.73 Å². The van der Waals surface area contributed by atoms with Crippen LogP contribution in [0, 0.1) is 6.92 Å². The van der Waals surface area contributed by atoms with Gasteiger partial charge in [0.2, 0.25) is 0 Å². The molecule has 0 saturated carbocycles. The van der Waals surface area contributed by atoms with E-state index in [1.807, 2.05) is 25.1 Å². The lowest BCUT2D eigenvalue weighted by Gasteiger charge is -2.05. The van der Waals surface area contributed by atoms with Crippen LogP contribution in [0.25, 0.3) is 0 Å². The third-order valence-electron chi connectivity index (χ3n) is 2.24. The quantitative estimate of drug-likeness (QED) is 0.526. The van der Waals surface area contributed by atoms with Crippen LogP contribution in [-0.4, -0.2) is 9.97 Å². The van der Waals surface area contributed by atoms with E-state index in [1.165, 1.54) is 0 Å². The van der Waals surface area contributed by atoms with Crippen molar-refractivity contribution in [1.29, 1.82) is 0 Å². The molecule has 0 aliphatic carbocycles. The normalized spacial score (nSPS) is 10.5. The van der Waals surface area contributed by atoms with Crippen LogP contribution in [-0.2, 0) is 5.75 Å². The van der Waals surface area contributed by atoms with Crippen LogP contribution in [0.2, 0.25) is 5.02 Å². The minimum atomic E-state index is 0.656. The smallest absolute Gasteiger partial charge is 0.188 e. The largest absolute Gasteiger partial charge is 0.398 e. The van der Waals surface area contributed by atoms with Gasteiger partial charge in [0.05, 0.1) is 0 Å². The van der Waals surface area contributed by atoms with E-state index in [2.05, 4.69) is 9.97 Å². The zero-order chi connectivity index (χ0) is 12.3. The molecular formula is C12H12ClN3S. The minimum Gasteiger partial charge on any atom is -0.398 e. The highest BCUT2D eigenvalue weighted by molar-refractivity contribution is 7.98. The summed E-state index contributed by atoms with van der Waals surface area (Å²) < 4.78 is 0. The molecular weight excluding hydrogens is 254 g/mol. The zero-order valence-corrected chi connectivity index (χ0v) is 10.9. The molecule has 1 aromatic carbocycles. The Kier molecular flexibility index (Phi) is 3.86. The number of thioether (sulfide) groups is 1. The van der Waals surface area contributed by atoms with E-state index in [-0.39, 0.29) is 0 Å². The van der Waals surface area contributed by atoms with Gasteiger partial charge in [-0.3, -0.25) is 0 Å². The third kappa shape index (κ3) is 3.35. The molecule has 1 heterocycles. The fourth-order valence-electron chi connectivity index (χ4n) is 1.33. The molecule has 2 rings (SSSR count). The highest BCUT2D eigenvalue weighted by atomic mass is 35.5. The van der Waals surface area contributed by atoms with Gasteiger partial charge in [-0.05, 0) is 30.7 Å². The lowest BCUT2D eigenvalue weighted by Crippen LogP contribution is -1.94. The fraction of sp³-hybridized carbons (Fsp3) is 0.167. The van der Waals surface area contributed by atoms with E-state index >= 15 is 0 Å². The lowest BCUT2D eigenvalue weighted by atomic mass is 10.2. The van der Waals surface area contributed by atoms with Crippen LogP contribution >= 0.6 is 23.4 Å². The third-order valence-corrected chi connectivity index (χ3v) is 3.38. The van der Waals surface area contributed by atoms with Crippen molar-refractivity contribution in [2.45, 2.75) is 17.8 Å². The van der Waals surface area contributed by atoms with Gasteiger partial charge in [0, 0.05) is 28.4 Å². The fourth-order valence-corrected chi connectivity index (χ4v) is 2.41. The summed E-state index contributed by atoms with van der Waals surface area (Å²) in [4.78, 5) is 8.51. The summed E-state index contributed by atoms with van der Waals surface area (Å²) in [5, 5.41) is 1.42. The molecule has 0 saturated heterocycles. The van der Waals surface area contributed by atoms with Gasteiger partial charge in [0.15, 0.2) is 5.16 Å². The number of hydrogen-bond donors (Lipinski definition) is 1. The molecule has 0 radical (unpaired) electrons. The Balaban J connectivity index is 2.07. The number of nitrogen functional groups attached to an aromatic ring is 1. The van der Waals surface area contributed by atoms with Gasteiger partial charge in [-0.2, -0.15) is 0 Å². The standard InChI is InChI=1S/C12H12ClN3S/c1-8-4-5-15-12(16-8)17-7-9-2-3-10(13)6-11(9)14/h2-6H,7,14H2,1H3. The topological polar surface area (TPSA) is 51.8 Å². The molecule has 1 aromatic heterocycles. The molecule has 0 spiro atoms. The van der Waals surface area contributed by atoms with Crippen LogP contribution in [0.1, 0.15) is 11.3 Å². The number of nitrogens with two attached hydrogens (primary N) is 1. The predicted octanol–water partition coefficient (Wildman–Crippen LogP) is 3.31. The summed E-state index contributed by atoms with van der Waals surface area (Å²) >= 11 is 7.41. The molecule has 0 unspecified atom stereocenters. The number of aryl methyl sites for hydroxylation is 1. The Morgan fingerprint density at radius 1 is 1.35 bits per heavy atom. The highest BCUT2D eigenvalue weighted by Crippen LogP contribution is 2.25. The van der Waals surface area contributed by atoms with Crippen LogP contribution in [0.4, 0.5) is 5.69 Å². The van der Waals surface area contributed by atoms with Gasteiger partial charge in [0.25, 0.3) is 0 Å². The number of rotatable bonds is 3. The van der Waals surface area contributed by atoms with E-state index in [0.717, 1.165) is 22.2 Å². The molecule has 88 valence electrons. The van der Waals surface area contributed by atoms with Gasteiger partial charge >= 0.3 is 0 Å². The molecule has 0 amide bonds. The maximum atomic E-state index is 5.88. The maximum Gasteiger partial charge on any atom is 0.188 e. The van der Waals surface area contributed by atoms with E-state index < -0.39 is 0 Å². The number of benzene rings is 1.